The van der Waals surface area contributed by atoms with Gasteiger partial charge in [0.05, 0.1) is 30.1 Å². The first-order valence-electron chi connectivity index (χ1n) is 15.1. The highest BCUT2D eigenvalue weighted by molar-refractivity contribution is 5.98. The third-order valence-electron chi connectivity index (χ3n) is 9.27. The van der Waals surface area contributed by atoms with Gasteiger partial charge in [-0.1, -0.05) is 41.6 Å². The summed E-state index contributed by atoms with van der Waals surface area (Å²) in [5, 5.41) is 21.8. The second-order valence-electron chi connectivity index (χ2n) is 11.8. The molecule has 13 heteroatoms. The van der Waals surface area contributed by atoms with Gasteiger partial charge in [0.15, 0.2) is 5.82 Å². The average molecular weight is 606 g/mol. The van der Waals surface area contributed by atoms with Crippen molar-refractivity contribution in [2.45, 2.75) is 37.3 Å². The number of carbonyl (C=O) groups excluding carboxylic acids is 1. The van der Waals surface area contributed by atoms with Gasteiger partial charge in [-0.15, -0.1) is 0 Å². The fourth-order valence-electron chi connectivity index (χ4n) is 6.68. The Bertz CT molecular complexity index is 1990. The number of allylic oxidation sites excluding steroid dienone is 2. The molecule has 0 spiro atoms. The quantitative estimate of drug-likeness (QED) is 0.238. The highest BCUT2D eigenvalue weighted by Crippen LogP contribution is 2.42. The van der Waals surface area contributed by atoms with Crippen LogP contribution in [0.2, 0.25) is 0 Å². The van der Waals surface area contributed by atoms with E-state index < -0.39 is 6.04 Å². The molecule has 1 atom stereocenters. The summed E-state index contributed by atoms with van der Waals surface area (Å²) in [6.45, 7) is 3.25. The average Bonchev–Trinajstić information content (AvgIpc) is 3.69. The number of hydrogen-bond donors (Lipinski definition) is 3. The summed E-state index contributed by atoms with van der Waals surface area (Å²) in [5.74, 6) is 1.40. The fourth-order valence-corrected chi connectivity index (χ4v) is 6.68. The molecular formula is C32H31N9O4. The molecule has 4 aliphatic heterocycles. The van der Waals surface area contributed by atoms with E-state index in [4.69, 9.17) is 14.5 Å². The highest BCUT2D eigenvalue weighted by Gasteiger charge is 2.44. The van der Waals surface area contributed by atoms with E-state index in [1.165, 1.54) is 15.4 Å². The van der Waals surface area contributed by atoms with E-state index in [1.54, 1.807) is 30.5 Å². The smallest absolute Gasteiger partial charge is 0.275 e. The second kappa shape index (κ2) is 10.8. The van der Waals surface area contributed by atoms with Crippen LogP contribution in [-0.4, -0.2) is 71.6 Å². The zero-order chi connectivity index (χ0) is 30.5. The fraction of sp³-hybridized carbons (Fsp3) is 0.312. The van der Waals surface area contributed by atoms with Gasteiger partial charge in [0.25, 0.3) is 17.4 Å². The van der Waals surface area contributed by atoms with Crippen LogP contribution in [0.1, 0.15) is 41.5 Å². The van der Waals surface area contributed by atoms with Crippen molar-refractivity contribution in [1.82, 2.24) is 34.4 Å². The van der Waals surface area contributed by atoms with Crippen LogP contribution in [-0.2, 0) is 12.0 Å². The predicted molar refractivity (Wildman–Crippen MR) is 166 cm³/mol. The normalized spacial score (nSPS) is 21.2. The molecule has 0 radical (unpaired) electrons. The number of nitrogens with zero attached hydrogens (tertiary/aromatic N) is 7. The number of fused-ring (bicyclic) bond motifs is 6. The third-order valence-corrected chi connectivity index (χ3v) is 9.27. The standard InChI is InChI=1S/C32H31N9O4/c42-19-24(20-5-2-1-3-6-20)35-27-23(28-37-30(38-45-28)32-10-14-39(15-11-32)16-12-32)18-33-31(36-27)34-21-8-9-22-25(17-21)41-26(43)7-4-13-40(41)29(22)44/h1-9,17-18,24,42H,10-16,19H2,(H2,33,34,35,36)/t24-/m1/s1. The van der Waals surface area contributed by atoms with Gasteiger partial charge in [0.2, 0.25) is 5.95 Å². The minimum atomic E-state index is -0.466. The van der Waals surface area contributed by atoms with Crippen molar-refractivity contribution in [2.75, 3.05) is 36.9 Å². The molecule has 45 heavy (non-hydrogen) atoms. The lowest BCUT2D eigenvalue weighted by molar-refractivity contribution is 0.0747. The molecule has 5 aromatic rings. The first-order valence-corrected chi connectivity index (χ1v) is 15.1. The summed E-state index contributed by atoms with van der Waals surface area (Å²) in [6, 6.07) is 14.3. The molecular weight excluding hydrogens is 574 g/mol. The number of aliphatic hydroxyl groups is 1. The molecule has 13 nitrogen and oxygen atoms in total. The number of carbonyl (C=O) groups is 1. The van der Waals surface area contributed by atoms with Crippen molar-refractivity contribution in [3.63, 3.8) is 0 Å². The van der Waals surface area contributed by atoms with Crippen LogP contribution >= 0.6 is 0 Å². The Balaban J connectivity index is 1.16. The lowest BCUT2D eigenvalue weighted by Crippen LogP contribution is -2.51. The monoisotopic (exact) mass is 605 g/mol. The maximum absolute atomic E-state index is 12.9. The van der Waals surface area contributed by atoms with Crippen molar-refractivity contribution in [3.05, 3.63) is 88.6 Å². The van der Waals surface area contributed by atoms with Gasteiger partial charge in [-0.05, 0) is 62.7 Å². The predicted octanol–water partition coefficient (Wildman–Crippen LogP) is 3.48. The lowest BCUT2D eigenvalue weighted by atomic mass is 9.71. The van der Waals surface area contributed by atoms with Gasteiger partial charge in [0.1, 0.15) is 11.4 Å². The molecule has 4 aliphatic rings. The molecule has 3 saturated heterocycles. The Labute approximate surface area is 257 Å². The van der Waals surface area contributed by atoms with Gasteiger partial charge in [-0.2, -0.15) is 9.97 Å². The Morgan fingerprint density at radius 3 is 2.60 bits per heavy atom. The molecule has 3 N–H and O–H groups in total. The van der Waals surface area contributed by atoms with E-state index in [0.717, 1.165) is 50.3 Å². The molecule has 3 aromatic heterocycles. The molecule has 3 fully saturated rings. The first kappa shape index (κ1) is 27.4. The second-order valence-corrected chi connectivity index (χ2v) is 11.8. The van der Waals surface area contributed by atoms with Crippen LogP contribution in [0, 0.1) is 0 Å². The van der Waals surface area contributed by atoms with Gasteiger partial charge in [-0.3, -0.25) is 9.59 Å². The molecule has 228 valence electrons. The van der Waals surface area contributed by atoms with Crippen molar-refractivity contribution in [2.24, 2.45) is 0 Å². The number of aliphatic hydroxyl groups excluding tert-OH is 1. The van der Waals surface area contributed by atoms with E-state index in [0.29, 0.717) is 40.4 Å². The van der Waals surface area contributed by atoms with Gasteiger partial charge < -0.3 is 25.2 Å². The molecule has 2 aromatic carbocycles. The SMILES string of the molecule is O=C1C=CCn2c(=O)c3ccc(Nc4ncc(-c5nc(C67CCN(CC6)CC7)no5)c(N[C@H](CO)c5ccccc5)n4)cc3n21. The summed E-state index contributed by atoms with van der Waals surface area (Å²) in [6.07, 6.45) is 7.75. The van der Waals surface area contributed by atoms with E-state index >= 15 is 0 Å². The maximum Gasteiger partial charge on any atom is 0.275 e. The van der Waals surface area contributed by atoms with Crippen LogP contribution in [0.5, 0.6) is 0 Å². The minimum Gasteiger partial charge on any atom is -0.394 e. The van der Waals surface area contributed by atoms with Gasteiger partial charge >= 0.3 is 0 Å². The largest absolute Gasteiger partial charge is 0.394 e. The number of rotatable bonds is 8. The molecule has 0 aliphatic carbocycles. The molecule has 0 unspecified atom stereocenters. The van der Waals surface area contributed by atoms with E-state index in [2.05, 4.69) is 25.7 Å². The van der Waals surface area contributed by atoms with Crippen molar-refractivity contribution < 1.29 is 14.4 Å². The van der Waals surface area contributed by atoms with E-state index in [9.17, 15) is 14.7 Å². The summed E-state index contributed by atoms with van der Waals surface area (Å²) >= 11 is 0. The molecule has 0 amide bonds. The number of anilines is 3. The zero-order valence-corrected chi connectivity index (χ0v) is 24.4. The third kappa shape index (κ3) is 4.71. The summed E-state index contributed by atoms with van der Waals surface area (Å²) in [4.78, 5) is 42.1. The lowest BCUT2D eigenvalue weighted by Gasteiger charge is -2.46. The molecule has 0 saturated carbocycles. The Kier molecular flexibility index (Phi) is 6.57. The summed E-state index contributed by atoms with van der Waals surface area (Å²) < 4.78 is 8.63. The molecule has 9 rings (SSSR count). The van der Waals surface area contributed by atoms with Crippen molar-refractivity contribution in [3.8, 4) is 11.5 Å². The maximum atomic E-state index is 12.9. The Morgan fingerprint density at radius 2 is 1.82 bits per heavy atom. The van der Waals surface area contributed by atoms with Gasteiger partial charge in [0, 0.05) is 23.4 Å². The van der Waals surface area contributed by atoms with E-state index in [-0.39, 0.29) is 29.4 Å². The number of aromatic nitrogens is 6. The zero-order valence-electron chi connectivity index (χ0n) is 24.4. The first-order chi connectivity index (χ1) is 22.0. The number of hydrogen-bond acceptors (Lipinski definition) is 11. The number of benzene rings is 2. The highest BCUT2D eigenvalue weighted by atomic mass is 16.5. The topological polar surface area (TPSA) is 156 Å². The molecule has 7 heterocycles. The number of piperidine rings is 3. The minimum absolute atomic E-state index is 0.0832. The van der Waals surface area contributed by atoms with Crippen LogP contribution in [0.4, 0.5) is 17.5 Å². The van der Waals surface area contributed by atoms with Crippen LogP contribution in [0.25, 0.3) is 22.4 Å². The summed E-state index contributed by atoms with van der Waals surface area (Å²) in [5.41, 5.74) is 2.17. The van der Waals surface area contributed by atoms with E-state index in [1.807, 2.05) is 30.3 Å². The Hall–Kier alpha value is -5.14. The van der Waals surface area contributed by atoms with Gasteiger partial charge in [-0.25, -0.2) is 14.3 Å². The van der Waals surface area contributed by atoms with Crippen molar-refractivity contribution in [1.29, 1.82) is 0 Å². The molecule has 2 bridgehead atoms. The van der Waals surface area contributed by atoms with Crippen LogP contribution in [0.15, 0.2) is 76.2 Å². The summed E-state index contributed by atoms with van der Waals surface area (Å²) in [7, 11) is 0. The van der Waals surface area contributed by atoms with Crippen LogP contribution in [0.3, 0.4) is 0 Å². The van der Waals surface area contributed by atoms with Crippen LogP contribution < -0.4 is 16.2 Å². The Morgan fingerprint density at radius 1 is 1.02 bits per heavy atom. The number of nitrogens with one attached hydrogen (secondary N) is 2. The van der Waals surface area contributed by atoms with Crippen molar-refractivity contribution >= 4 is 34.3 Å².